The van der Waals surface area contributed by atoms with Crippen LogP contribution in [0, 0.1) is 11.8 Å². The van der Waals surface area contributed by atoms with Crippen LogP contribution in [-0.4, -0.2) is 24.6 Å². The first kappa shape index (κ1) is 34.3. The third-order valence-corrected chi connectivity index (χ3v) is 10.5. The van der Waals surface area contributed by atoms with E-state index in [1.165, 1.54) is 114 Å². The van der Waals surface area contributed by atoms with Crippen molar-refractivity contribution in [2.45, 2.75) is 148 Å². The molecule has 0 amide bonds. The van der Waals surface area contributed by atoms with Crippen molar-refractivity contribution in [2.24, 2.45) is 11.8 Å². The van der Waals surface area contributed by atoms with Crippen molar-refractivity contribution in [1.82, 2.24) is 0 Å². The van der Waals surface area contributed by atoms with E-state index in [0.29, 0.717) is 29.4 Å². The van der Waals surface area contributed by atoms with Crippen LogP contribution in [0.15, 0.2) is 48.5 Å². The van der Waals surface area contributed by atoms with E-state index >= 15 is 0 Å². The highest BCUT2D eigenvalue weighted by atomic mass is 16.6. The van der Waals surface area contributed by atoms with Crippen LogP contribution in [0.2, 0.25) is 0 Å². The van der Waals surface area contributed by atoms with Gasteiger partial charge in [0.15, 0.2) is 0 Å². The summed E-state index contributed by atoms with van der Waals surface area (Å²) in [7, 11) is 0. The molecule has 0 aromatic heterocycles. The Balaban J connectivity index is 1.18. The Kier molecular flexibility index (Phi) is 14.3. The first-order valence-electron chi connectivity index (χ1n) is 18.1. The summed E-state index contributed by atoms with van der Waals surface area (Å²) in [4.78, 5) is 25.7. The topological polar surface area (TPSA) is 52.6 Å². The maximum Gasteiger partial charge on any atom is 0.338 e. The van der Waals surface area contributed by atoms with E-state index in [4.69, 9.17) is 9.47 Å². The molecule has 0 radical (unpaired) electrons. The fourth-order valence-electron chi connectivity index (χ4n) is 7.42. The van der Waals surface area contributed by atoms with E-state index in [9.17, 15) is 9.59 Å². The van der Waals surface area contributed by atoms with E-state index in [0.717, 1.165) is 11.8 Å². The lowest BCUT2D eigenvalue weighted by atomic mass is 9.77. The number of hydrogen-bond acceptors (Lipinski definition) is 4. The number of carbonyl (C=O) groups excluding carboxylic acids is 2. The number of esters is 2. The molecule has 0 unspecified atom stereocenters. The molecule has 2 aromatic rings. The van der Waals surface area contributed by atoms with E-state index in [1.54, 1.807) is 0 Å². The zero-order chi connectivity index (χ0) is 31.1. The Bertz CT molecular complexity index is 1110. The highest BCUT2D eigenvalue weighted by molar-refractivity contribution is 5.90. The van der Waals surface area contributed by atoms with Crippen molar-refractivity contribution in [2.75, 3.05) is 6.61 Å². The molecule has 0 spiro atoms. The number of ether oxygens (including phenoxy) is 2. The monoisotopic (exact) mass is 602 g/mol. The summed E-state index contributed by atoms with van der Waals surface area (Å²) in [5.41, 5.74) is 3.76. The minimum Gasteiger partial charge on any atom is -0.458 e. The second-order valence-electron chi connectivity index (χ2n) is 13.7. The molecule has 242 valence electrons. The standard InChI is InChI=1S/C40H58O4/c1-4-7-9-11-30-13-17-32(18-14-30)34-21-25-36(26-22-34)39(41)43-29-38(6-3)44-40(42)37-27-23-35(24-28-37)33-19-15-31(16-20-33)12-10-8-5-2/h21-28,30-33,38H,4-20,29H2,1-3H3/t30?,31?,32?,33?,38-/m1/s1. The largest absolute Gasteiger partial charge is 0.458 e. The zero-order valence-electron chi connectivity index (χ0n) is 27.9. The summed E-state index contributed by atoms with van der Waals surface area (Å²) in [5.74, 6) is 2.24. The highest BCUT2D eigenvalue weighted by Gasteiger charge is 2.24. The van der Waals surface area contributed by atoms with Gasteiger partial charge in [-0.05, 0) is 117 Å². The molecule has 4 heteroatoms. The van der Waals surface area contributed by atoms with Crippen LogP contribution < -0.4 is 0 Å². The van der Waals surface area contributed by atoms with Gasteiger partial charge in [-0.15, -0.1) is 0 Å². The first-order valence-corrected chi connectivity index (χ1v) is 18.1. The maximum atomic E-state index is 12.9. The smallest absolute Gasteiger partial charge is 0.338 e. The Hall–Kier alpha value is -2.62. The number of carbonyl (C=O) groups is 2. The molecule has 4 rings (SSSR count). The first-order chi connectivity index (χ1) is 21.5. The summed E-state index contributed by atoms with van der Waals surface area (Å²) < 4.78 is 11.3. The number of hydrogen-bond donors (Lipinski definition) is 0. The second-order valence-corrected chi connectivity index (χ2v) is 13.7. The van der Waals surface area contributed by atoms with Gasteiger partial charge in [0, 0.05) is 0 Å². The summed E-state index contributed by atoms with van der Waals surface area (Å²) in [6.45, 7) is 6.55. The SMILES string of the molecule is CCCCCC1CCC(c2ccc(C(=O)OC[C@@H](CC)OC(=O)c3ccc(C4CCC(CCCCC)CC4)cc3)cc2)CC1. The van der Waals surface area contributed by atoms with Gasteiger partial charge in [0.2, 0.25) is 0 Å². The second kappa shape index (κ2) is 18.4. The lowest BCUT2D eigenvalue weighted by Crippen LogP contribution is -2.25. The molecule has 2 aliphatic rings. The van der Waals surface area contributed by atoms with Crippen LogP contribution in [-0.2, 0) is 9.47 Å². The van der Waals surface area contributed by atoms with Gasteiger partial charge >= 0.3 is 11.9 Å². The molecule has 44 heavy (non-hydrogen) atoms. The summed E-state index contributed by atoms with van der Waals surface area (Å²) in [5, 5.41) is 0. The Morgan fingerprint density at radius 2 is 1.05 bits per heavy atom. The fraction of sp³-hybridized carbons (Fsp3) is 0.650. The molecule has 2 fully saturated rings. The van der Waals surface area contributed by atoms with Crippen molar-refractivity contribution in [3.8, 4) is 0 Å². The molecule has 2 aliphatic carbocycles. The van der Waals surface area contributed by atoms with Crippen molar-refractivity contribution in [1.29, 1.82) is 0 Å². The van der Waals surface area contributed by atoms with Gasteiger partial charge in [0.05, 0.1) is 11.1 Å². The van der Waals surface area contributed by atoms with Gasteiger partial charge < -0.3 is 9.47 Å². The minimum absolute atomic E-state index is 0.0600. The summed E-state index contributed by atoms with van der Waals surface area (Å²) in [6.07, 6.45) is 21.2. The predicted octanol–water partition coefficient (Wildman–Crippen LogP) is 11.2. The third-order valence-electron chi connectivity index (χ3n) is 10.5. The fourth-order valence-corrected chi connectivity index (χ4v) is 7.42. The molecule has 0 aliphatic heterocycles. The average molecular weight is 603 g/mol. The van der Waals surface area contributed by atoms with Gasteiger partial charge in [-0.1, -0.05) is 96.4 Å². The molecule has 0 saturated heterocycles. The quantitative estimate of drug-likeness (QED) is 0.142. The highest BCUT2D eigenvalue weighted by Crippen LogP contribution is 2.39. The van der Waals surface area contributed by atoms with Crippen molar-refractivity contribution in [3.05, 3.63) is 70.8 Å². The zero-order valence-corrected chi connectivity index (χ0v) is 27.9. The van der Waals surface area contributed by atoms with Crippen LogP contribution in [0.3, 0.4) is 0 Å². The van der Waals surface area contributed by atoms with Gasteiger partial charge in [-0.2, -0.15) is 0 Å². The van der Waals surface area contributed by atoms with Crippen LogP contribution in [0.4, 0.5) is 0 Å². The van der Waals surface area contributed by atoms with Gasteiger partial charge in [0.25, 0.3) is 0 Å². The number of unbranched alkanes of at least 4 members (excludes halogenated alkanes) is 4. The van der Waals surface area contributed by atoms with Crippen LogP contribution in [0.5, 0.6) is 0 Å². The number of rotatable bonds is 16. The lowest BCUT2D eigenvalue weighted by molar-refractivity contribution is -0.00145. The van der Waals surface area contributed by atoms with Crippen LogP contribution >= 0.6 is 0 Å². The van der Waals surface area contributed by atoms with E-state index in [1.807, 2.05) is 31.2 Å². The van der Waals surface area contributed by atoms with Crippen LogP contribution in [0.25, 0.3) is 0 Å². The van der Waals surface area contributed by atoms with Gasteiger partial charge in [-0.25, -0.2) is 9.59 Å². The molecule has 0 bridgehead atoms. The lowest BCUT2D eigenvalue weighted by Gasteiger charge is -2.29. The molecule has 1 atom stereocenters. The molecule has 2 aromatic carbocycles. The molecule has 0 heterocycles. The summed E-state index contributed by atoms with van der Waals surface area (Å²) in [6, 6.07) is 16.0. The van der Waals surface area contributed by atoms with Crippen molar-refractivity contribution in [3.63, 3.8) is 0 Å². The molecule has 2 saturated carbocycles. The van der Waals surface area contributed by atoms with E-state index in [-0.39, 0.29) is 18.5 Å². The number of benzene rings is 2. The molecular formula is C40H58O4. The molecule has 0 N–H and O–H groups in total. The Morgan fingerprint density at radius 1 is 0.614 bits per heavy atom. The van der Waals surface area contributed by atoms with Crippen LogP contribution in [0.1, 0.15) is 174 Å². The van der Waals surface area contributed by atoms with Crippen molar-refractivity contribution < 1.29 is 19.1 Å². The maximum absolute atomic E-state index is 12.9. The predicted molar refractivity (Wildman–Crippen MR) is 180 cm³/mol. The average Bonchev–Trinajstić information content (AvgIpc) is 3.07. The molecule has 4 nitrogen and oxygen atoms in total. The Labute approximate surface area is 267 Å². The van der Waals surface area contributed by atoms with E-state index < -0.39 is 6.10 Å². The van der Waals surface area contributed by atoms with Crippen molar-refractivity contribution >= 4 is 11.9 Å². The summed E-state index contributed by atoms with van der Waals surface area (Å²) >= 11 is 0. The van der Waals surface area contributed by atoms with E-state index in [2.05, 4.69) is 38.1 Å². The van der Waals surface area contributed by atoms with Gasteiger partial charge in [0.1, 0.15) is 12.7 Å². The molecular weight excluding hydrogens is 544 g/mol. The normalized spacial score (nSPS) is 22.7. The Morgan fingerprint density at radius 3 is 1.45 bits per heavy atom. The third kappa shape index (κ3) is 10.5. The van der Waals surface area contributed by atoms with Gasteiger partial charge in [-0.3, -0.25) is 0 Å². The minimum atomic E-state index is -0.471.